The lowest BCUT2D eigenvalue weighted by Gasteiger charge is -2.34. The molecule has 4 atom stereocenters. The summed E-state index contributed by atoms with van der Waals surface area (Å²) in [6, 6.07) is 0. The van der Waals surface area contributed by atoms with Gasteiger partial charge in [0.15, 0.2) is 0 Å². The maximum atomic E-state index is 13.2. The van der Waals surface area contributed by atoms with E-state index in [1.807, 2.05) is 50.1 Å². The topological polar surface area (TPSA) is 62.7 Å². The van der Waals surface area contributed by atoms with Gasteiger partial charge in [-0.2, -0.15) is 0 Å². The van der Waals surface area contributed by atoms with Crippen LogP contribution in [-0.4, -0.2) is 57.4 Å². The summed E-state index contributed by atoms with van der Waals surface area (Å²) in [5.41, 5.74) is 0.0277. The van der Waals surface area contributed by atoms with Crippen molar-refractivity contribution in [2.24, 2.45) is 11.8 Å². The molecule has 1 aromatic rings. The first-order valence-corrected chi connectivity index (χ1v) is 9.85. The second kappa shape index (κ2) is 5.63. The van der Waals surface area contributed by atoms with Gasteiger partial charge in [0.05, 0.1) is 31.0 Å². The molecule has 3 aliphatic heterocycles. The molecular formula is C19H25N3O3S. The SMILES string of the molecule is Cc1csc(CN(C)C(=O)[C@@H]2[C@@H]3C=C[C@@]4(CN(C(C)(C)C)C(=O)[C@@H]24)O3)n1. The fraction of sp³-hybridized carbons (Fsp3) is 0.632. The summed E-state index contributed by atoms with van der Waals surface area (Å²) in [6.07, 6.45) is 3.65. The number of rotatable bonds is 3. The Hall–Kier alpha value is -1.73. The summed E-state index contributed by atoms with van der Waals surface area (Å²) in [5, 5.41) is 2.88. The smallest absolute Gasteiger partial charge is 0.230 e. The van der Waals surface area contributed by atoms with Crippen LogP contribution < -0.4 is 0 Å². The van der Waals surface area contributed by atoms with Gasteiger partial charge in [-0.3, -0.25) is 9.59 Å². The maximum absolute atomic E-state index is 13.2. The van der Waals surface area contributed by atoms with Crippen LogP contribution in [0.5, 0.6) is 0 Å². The Bertz CT molecular complexity index is 796. The van der Waals surface area contributed by atoms with Gasteiger partial charge >= 0.3 is 0 Å². The largest absolute Gasteiger partial charge is 0.360 e. The molecule has 4 heterocycles. The third-order valence-corrected chi connectivity index (χ3v) is 6.56. The zero-order valence-corrected chi connectivity index (χ0v) is 16.7. The molecule has 140 valence electrons. The van der Waals surface area contributed by atoms with E-state index in [0.29, 0.717) is 13.1 Å². The number of hydrogen-bond donors (Lipinski definition) is 0. The van der Waals surface area contributed by atoms with Gasteiger partial charge in [0, 0.05) is 23.7 Å². The first-order valence-electron chi connectivity index (χ1n) is 8.97. The third kappa shape index (κ3) is 2.52. The van der Waals surface area contributed by atoms with Crippen LogP contribution in [0.3, 0.4) is 0 Å². The monoisotopic (exact) mass is 375 g/mol. The highest BCUT2D eigenvalue weighted by atomic mass is 32.1. The van der Waals surface area contributed by atoms with Gasteiger partial charge in [-0.15, -0.1) is 11.3 Å². The minimum atomic E-state index is -0.645. The second-order valence-corrected chi connectivity index (χ2v) is 9.51. The van der Waals surface area contributed by atoms with E-state index in [4.69, 9.17) is 4.74 Å². The Morgan fingerprint density at radius 1 is 1.50 bits per heavy atom. The van der Waals surface area contributed by atoms with Crippen molar-refractivity contribution in [3.63, 3.8) is 0 Å². The molecule has 0 saturated carbocycles. The normalized spacial score (nSPS) is 32.4. The fourth-order valence-electron chi connectivity index (χ4n) is 4.36. The van der Waals surface area contributed by atoms with Gasteiger partial charge in [0.1, 0.15) is 10.6 Å². The molecule has 26 heavy (non-hydrogen) atoms. The Balaban J connectivity index is 1.58. The van der Waals surface area contributed by atoms with Crippen molar-refractivity contribution in [1.82, 2.24) is 14.8 Å². The molecule has 0 radical (unpaired) electrons. The van der Waals surface area contributed by atoms with Crippen LogP contribution in [0.15, 0.2) is 17.5 Å². The number of nitrogens with zero attached hydrogens (tertiary/aromatic N) is 3. The molecule has 3 aliphatic rings. The van der Waals surface area contributed by atoms with E-state index in [-0.39, 0.29) is 23.5 Å². The molecule has 6 nitrogen and oxygen atoms in total. The second-order valence-electron chi connectivity index (χ2n) is 8.57. The van der Waals surface area contributed by atoms with Crippen LogP contribution in [0.25, 0.3) is 0 Å². The van der Waals surface area contributed by atoms with Gasteiger partial charge in [-0.25, -0.2) is 4.98 Å². The standard InChI is InChI=1S/C19H25N3O3S/c1-11-9-26-13(20-11)8-21(5)16(23)14-12-6-7-19(25-12)10-22(18(2,3)4)17(24)15(14)19/h6-7,9,12,14-15H,8,10H2,1-5H3/t12-,14+,15+,19-/m0/s1. The highest BCUT2D eigenvalue weighted by Crippen LogP contribution is 2.53. The number of aromatic nitrogens is 1. The molecule has 0 aliphatic carbocycles. The maximum Gasteiger partial charge on any atom is 0.230 e. The quantitative estimate of drug-likeness (QED) is 0.758. The lowest BCUT2D eigenvalue weighted by molar-refractivity contribution is -0.144. The van der Waals surface area contributed by atoms with Crippen LogP contribution in [0.4, 0.5) is 0 Å². The Morgan fingerprint density at radius 2 is 2.23 bits per heavy atom. The first kappa shape index (κ1) is 17.7. The van der Waals surface area contributed by atoms with E-state index in [0.717, 1.165) is 10.7 Å². The number of ether oxygens (including phenoxy) is 1. The van der Waals surface area contributed by atoms with Crippen molar-refractivity contribution >= 4 is 23.2 Å². The summed E-state index contributed by atoms with van der Waals surface area (Å²) in [5.74, 6) is -0.889. The van der Waals surface area contributed by atoms with Gasteiger partial charge in [-0.1, -0.05) is 12.2 Å². The molecule has 4 rings (SSSR count). The van der Waals surface area contributed by atoms with Crippen LogP contribution in [0, 0.1) is 18.8 Å². The molecule has 1 aromatic heterocycles. The van der Waals surface area contributed by atoms with Gasteiger partial charge in [-0.05, 0) is 27.7 Å². The molecular weight excluding hydrogens is 350 g/mol. The molecule has 2 bridgehead atoms. The number of fused-ring (bicyclic) bond motifs is 1. The zero-order chi connectivity index (χ0) is 18.9. The van der Waals surface area contributed by atoms with Crippen molar-refractivity contribution in [2.45, 2.75) is 51.5 Å². The fourth-order valence-corrected chi connectivity index (χ4v) is 5.18. The summed E-state index contributed by atoms with van der Waals surface area (Å²) in [7, 11) is 1.78. The number of carbonyl (C=O) groups excluding carboxylic acids is 2. The number of amides is 2. The van der Waals surface area contributed by atoms with Gasteiger partial charge < -0.3 is 14.5 Å². The first-order chi connectivity index (χ1) is 12.1. The number of aryl methyl sites for hydroxylation is 1. The summed E-state index contributed by atoms with van der Waals surface area (Å²) >= 11 is 1.55. The number of hydrogen-bond acceptors (Lipinski definition) is 5. The highest BCUT2D eigenvalue weighted by Gasteiger charge is 2.68. The van der Waals surface area contributed by atoms with Crippen molar-refractivity contribution < 1.29 is 14.3 Å². The molecule has 0 aromatic carbocycles. The molecule has 7 heteroatoms. The minimum absolute atomic E-state index is 0.0289. The summed E-state index contributed by atoms with van der Waals surface area (Å²) in [6.45, 7) is 8.98. The predicted molar refractivity (Wildman–Crippen MR) is 98.5 cm³/mol. The average Bonchev–Trinajstić information content (AvgIpc) is 3.27. The molecule has 2 saturated heterocycles. The van der Waals surface area contributed by atoms with E-state index >= 15 is 0 Å². The molecule has 1 spiro atoms. The van der Waals surface area contributed by atoms with Crippen LogP contribution in [0.2, 0.25) is 0 Å². The number of thiazole rings is 1. The average molecular weight is 375 g/mol. The van der Waals surface area contributed by atoms with Gasteiger partial charge in [0.25, 0.3) is 0 Å². The Labute approximate surface area is 157 Å². The molecule has 0 N–H and O–H groups in total. The minimum Gasteiger partial charge on any atom is -0.360 e. The van der Waals surface area contributed by atoms with Crippen molar-refractivity contribution in [3.8, 4) is 0 Å². The Morgan fingerprint density at radius 3 is 2.85 bits per heavy atom. The molecule has 0 unspecified atom stereocenters. The number of likely N-dealkylation sites (tertiary alicyclic amines) is 1. The zero-order valence-electron chi connectivity index (χ0n) is 15.9. The molecule has 2 fully saturated rings. The lowest BCUT2D eigenvalue weighted by Crippen LogP contribution is -2.47. The lowest BCUT2D eigenvalue weighted by atomic mass is 9.76. The molecule has 2 amide bonds. The van der Waals surface area contributed by atoms with E-state index in [2.05, 4.69) is 4.98 Å². The predicted octanol–water partition coefficient (Wildman–Crippen LogP) is 1.99. The van der Waals surface area contributed by atoms with E-state index < -0.39 is 17.4 Å². The highest BCUT2D eigenvalue weighted by molar-refractivity contribution is 7.09. The van der Waals surface area contributed by atoms with Crippen molar-refractivity contribution in [2.75, 3.05) is 13.6 Å². The van der Waals surface area contributed by atoms with Crippen molar-refractivity contribution in [3.05, 3.63) is 28.2 Å². The summed E-state index contributed by atoms with van der Waals surface area (Å²) in [4.78, 5) is 34.3. The van der Waals surface area contributed by atoms with Crippen molar-refractivity contribution in [1.29, 1.82) is 0 Å². The third-order valence-electron chi connectivity index (χ3n) is 5.61. The van der Waals surface area contributed by atoms with Crippen LogP contribution in [-0.2, 0) is 20.9 Å². The van der Waals surface area contributed by atoms with Crippen LogP contribution in [0.1, 0.15) is 31.5 Å². The number of carbonyl (C=O) groups is 2. The Kier molecular flexibility index (Phi) is 3.83. The summed E-state index contributed by atoms with van der Waals surface area (Å²) < 4.78 is 6.18. The van der Waals surface area contributed by atoms with Crippen LogP contribution >= 0.6 is 11.3 Å². The van der Waals surface area contributed by atoms with E-state index in [9.17, 15) is 9.59 Å². The van der Waals surface area contributed by atoms with E-state index in [1.165, 1.54) is 0 Å². The van der Waals surface area contributed by atoms with Gasteiger partial charge in [0.2, 0.25) is 11.8 Å². The van der Waals surface area contributed by atoms with E-state index in [1.54, 1.807) is 23.3 Å².